The standard InChI is InChI=1S/C24H17F2N5O3/c25-14-6-3-7-15(26)19(14)22-29-30-23(34-22)24(32)31-10-4-8-16-20(28-12-27-16)21(31)18-11-13-5-1-2-9-17(13)33-18/h1-3,5-7,9,11-12,21H,4,8,10H2,(H,27,28)/t21-/m0/s1. The molecular formula is C24H17F2N5O3. The molecule has 3 aromatic heterocycles. The van der Waals surface area contributed by atoms with Gasteiger partial charge in [0.25, 0.3) is 5.89 Å². The minimum Gasteiger partial charge on any atom is -0.458 e. The number of aromatic nitrogens is 4. The van der Waals surface area contributed by atoms with Gasteiger partial charge in [0.2, 0.25) is 0 Å². The van der Waals surface area contributed by atoms with Crippen LogP contribution in [-0.4, -0.2) is 37.5 Å². The number of furan rings is 1. The maximum atomic E-state index is 14.2. The summed E-state index contributed by atoms with van der Waals surface area (Å²) in [6, 6.07) is 12.2. The van der Waals surface area contributed by atoms with Crippen LogP contribution in [0.1, 0.15) is 40.3 Å². The number of carbonyl (C=O) groups excluding carboxylic acids is 1. The minimum absolute atomic E-state index is 0.358. The summed E-state index contributed by atoms with van der Waals surface area (Å²) in [4.78, 5) is 22.7. The number of amides is 1. The Morgan fingerprint density at radius 1 is 1.06 bits per heavy atom. The fourth-order valence-corrected chi connectivity index (χ4v) is 4.35. The van der Waals surface area contributed by atoms with Crippen LogP contribution in [0, 0.1) is 11.6 Å². The number of carbonyl (C=O) groups is 1. The highest BCUT2D eigenvalue weighted by atomic mass is 19.1. The average molecular weight is 461 g/mol. The zero-order chi connectivity index (χ0) is 23.2. The number of aromatic amines is 1. The molecule has 34 heavy (non-hydrogen) atoms. The number of fused-ring (bicyclic) bond motifs is 2. The van der Waals surface area contributed by atoms with E-state index >= 15 is 0 Å². The number of nitrogens with zero attached hydrogens (tertiary/aromatic N) is 4. The molecule has 8 nitrogen and oxygen atoms in total. The molecule has 1 amide bonds. The highest BCUT2D eigenvalue weighted by Crippen LogP contribution is 2.36. The summed E-state index contributed by atoms with van der Waals surface area (Å²) in [7, 11) is 0. The second kappa shape index (κ2) is 7.91. The number of hydrogen-bond donors (Lipinski definition) is 1. The molecule has 6 rings (SSSR count). The minimum atomic E-state index is -0.862. The van der Waals surface area contributed by atoms with Crippen LogP contribution >= 0.6 is 0 Å². The van der Waals surface area contributed by atoms with Gasteiger partial charge in [-0.05, 0) is 37.1 Å². The smallest absolute Gasteiger partial charge is 0.312 e. The van der Waals surface area contributed by atoms with Crippen LogP contribution in [0.25, 0.3) is 22.4 Å². The van der Waals surface area contributed by atoms with Crippen molar-refractivity contribution in [1.29, 1.82) is 0 Å². The zero-order valence-corrected chi connectivity index (χ0v) is 17.7. The number of nitrogens with one attached hydrogen (secondary N) is 1. The molecule has 170 valence electrons. The van der Waals surface area contributed by atoms with E-state index < -0.39 is 35.0 Å². The summed E-state index contributed by atoms with van der Waals surface area (Å²) in [6.45, 7) is 0.358. The van der Waals surface area contributed by atoms with E-state index in [1.54, 1.807) is 11.2 Å². The van der Waals surface area contributed by atoms with Gasteiger partial charge in [0.1, 0.15) is 34.6 Å². The number of para-hydroxylation sites is 1. The fraction of sp³-hybridized carbons (Fsp3) is 0.167. The Balaban J connectivity index is 1.42. The van der Waals surface area contributed by atoms with E-state index in [0.717, 1.165) is 23.2 Å². The maximum absolute atomic E-state index is 14.2. The van der Waals surface area contributed by atoms with Crippen LogP contribution in [-0.2, 0) is 6.42 Å². The van der Waals surface area contributed by atoms with Crippen molar-refractivity contribution in [3.05, 3.63) is 89.5 Å². The lowest BCUT2D eigenvalue weighted by atomic mass is 10.1. The third-order valence-corrected chi connectivity index (χ3v) is 5.91. The Morgan fingerprint density at radius 2 is 1.88 bits per heavy atom. The summed E-state index contributed by atoms with van der Waals surface area (Å²) in [5.74, 6) is -2.56. The summed E-state index contributed by atoms with van der Waals surface area (Å²) in [6.07, 6.45) is 2.92. The molecule has 0 radical (unpaired) electrons. The van der Waals surface area contributed by atoms with Crippen LogP contribution in [0.15, 0.2) is 63.7 Å². The van der Waals surface area contributed by atoms with Crippen molar-refractivity contribution < 1.29 is 22.4 Å². The van der Waals surface area contributed by atoms with Gasteiger partial charge in [0.05, 0.1) is 12.0 Å². The Morgan fingerprint density at radius 3 is 2.71 bits per heavy atom. The summed E-state index contributed by atoms with van der Waals surface area (Å²) in [5.41, 5.74) is 1.76. The zero-order valence-electron chi connectivity index (χ0n) is 17.7. The largest absolute Gasteiger partial charge is 0.458 e. The number of benzene rings is 2. The van der Waals surface area contributed by atoms with Crippen LogP contribution < -0.4 is 0 Å². The van der Waals surface area contributed by atoms with Crippen molar-refractivity contribution in [1.82, 2.24) is 25.1 Å². The van der Waals surface area contributed by atoms with Crippen LogP contribution in [0.3, 0.4) is 0 Å². The Labute approximate surface area is 191 Å². The normalized spacial score (nSPS) is 15.9. The number of imidazole rings is 1. The van der Waals surface area contributed by atoms with Crippen molar-refractivity contribution in [3.63, 3.8) is 0 Å². The van der Waals surface area contributed by atoms with Gasteiger partial charge >= 0.3 is 11.8 Å². The van der Waals surface area contributed by atoms with Crippen molar-refractivity contribution in [3.8, 4) is 11.5 Å². The van der Waals surface area contributed by atoms with E-state index in [1.807, 2.05) is 30.3 Å². The molecule has 0 spiro atoms. The van der Waals surface area contributed by atoms with Gasteiger partial charge < -0.3 is 18.7 Å². The van der Waals surface area contributed by atoms with E-state index in [2.05, 4.69) is 20.2 Å². The average Bonchev–Trinajstić information content (AvgIpc) is 3.56. The Kier molecular flexibility index (Phi) is 4.72. The second-order valence-electron chi connectivity index (χ2n) is 7.97. The lowest BCUT2D eigenvalue weighted by Gasteiger charge is -2.26. The van der Waals surface area contributed by atoms with E-state index in [-0.39, 0.29) is 5.89 Å². The van der Waals surface area contributed by atoms with Crippen LogP contribution in [0.5, 0.6) is 0 Å². The fourth-order valence-electron chi connectivity index (χ4n) is 4.35. The molecule has 0 saturated carbocycles. The van der Waals surface area contributed by atoms with Crippen LogP contribution in [0.2, 0.25) is 0 Å². The number of halogens is 2. The molecule has 0 fully saturated rings. The molecule has 1 aliphatic rings. The first-order valence-corrected chi connectivity index (χ1v) is 10.7. The monoisotopic (exact) mass is 461 g/mol. The highest BCUT2D eigenvalue weighted by Gasteiger charge is 2.37. The van der Waals surface area contributed by atoms with E-state index in [4.69, 9.17) is 8.83 Å². The molecule has 10 heteroatoms. The van der Waals surface area contributed by atoms with E-state index in [1.165, 1.54) is 6.07 Å². The van der Waals surface area contributed by atoms with Gasteiger partial charge in [-0.15, -0.1) is 10.2 Å². The van der Waals surface area contributed by atoms with E-state index in [0.29, 0.717) is 36.4 Å². The summed E-state index contributed by atoms with van der Waals surface area (Å²) in [5, 5.41) is 8.41. The SMILES string of the molecule is O=C(c1nnc(-c2c(F)cccc2F)o1)N1CCCc2[nH]cnc2[C@@H]1c1cc2ccccc2o1. The molecule has 4 heterocycles. The van der Waals surface area contributed by atoms with Gasteiger partial charge in [-0.2, -0.15) is 0 Å². The number of H-pyrrole nitrogens is 1. The molecule has 1 atom stereocenters. The lowest BCUT2D eigenvalue weighted by Crippen LogP contribution is -2.36. The van der Waals surface area contributed by atoms with Gasteiger partial charge in [-0.3, -0.25) is 4.79 Å². The van der Waals surface area contributed by atoms with Gasteiger partial charge in [0.15, 0.2) is 0 Å². The van der Waals surface area contributed by atoms with Crippen molar-refractivity contribution in [2.45, 2.75) is 18.9 Å². The van der Waals surface area contributed by atoms with Crippen LogP contribution in [0.4, 0.5) is 8.78 Å². The molecule has 2 aromatic carbocycles. The van der Waals surface area contributed by atoms with Gasteiger partial charge in [0, 0.05) is 17.6 Å². The quantitative estimate of drug-likeness (QED) is 0.419. The van der Waals surface area contributed by atoms with Gasteiger partial charge in [-0.1, -0.05) is 24.3 Å². The molecule has 1 aliphatic heterocycles. The second-order valence-corrected chi connectivity index (χ2v) is 7.97. The summed E-state index contributed by atoms with van der Waals surface area (Å²) >= 11 is 0. The molecule has 0 aliphatic carbocycles. The molecular weight excluding hydrogens is 444 g/mol. The predicted molar refractivity (Wildman–Crippen MR) is 116 cm³/mol. The molecule has 0 saturated heterocycles. The molecule has 1 N–H and O–H groups in total. The van der Waals surface area contributed by atoms with Crippen molar-refractivity contribution >= 4 is 16.9 Å². The third kappa shape index (κ3) is 3.26. The maximum Gasteiger partial charge on any atom is 0.312 e. The highest BCUT2D eigenvalue weighted by molar-refractivity contribution is 5.90. The van der Waals surface area contributed by atoms with E-state index in [9.17, 15) is 13.6 Å². The third-order valence-electron chi connectivity index (χ3n) is 5.91. The molecule has 5 aromatic rings. The number of aryl methyl sites for hydroxylation is 1. The molecule has 0 unspecified atom stereocenters. The number of hydrogen-bond acceptors (Lipinski definition) is 6. The van der Waals surface area contributed by atoms with Crippen molar-refractivity contribution in [2.24, 2.45) is 0 Å². The topological polar surface area (TPSA) is 101 Å². The lowest BCUT2D eigenvalue weighted by molar-refractivity contribution is 0.0651. The van der Waals surface area contributed by atoms with Gasteiger partial charge in [-0.25, -0.2) is 13.8 Å². The molecule has 0 bridgehead atoms. The predicted octanol–water partition coefficient (Wildman–Crippen LogP) is 4.66. The first kappa shape index (κ1) is 20.3. The Bertz CT molecular complexity index is 1470. The first-order chi connectivity index (χ1) is 16.6. The first-order valence-electron chi connectivity index (χ1n) is 10.7. The Hall–Kier alpha value is -4.34. The summed E-state index contributed by atoms with van der Waals surface area (Å²) < 4.78 is 39.9. The number of rotatable bonds is 3. The van der Waals surface area contributed by atoms with Crippen molar-refractivity contribution in [2.75, 3.05) is 6.54 Å².